The van der Waals surface area contributed by atoms with Gasteiger partial charge in [0.25, 0.3) is 0 Å². The molecule has 0 unspecified atom stereocenters. The van der Waals surface area contributed by atoms with Crippen LogP contribution in [0.5, 0.6) is 0 Å². The summed E-state index contributed by atoms with van der Waals surface area (Å²) in [6.45, 7) is 4.45. The van der Waals surface area contributed by atoms with Crippen molar-refractivity contribution in [3.05, 3.63) is 11.6 Å². The third-order valence-electron chi connectivity index (χ3n) is 6.62. The van der Waals surface area contributed by atoms with Crippen molar-refractivity contribution in [1.29, 1.82) is 0 Å². The lowest BCUT2D eigenvalue weighted by Crippen LogP contribution is -2.54. The van der Waals surface area contributed by atoms with E-state index in [-0.39, 0.29) is 22.6 Å². The monoisotopic (exact) mass is 290 g/mol. The van der Waals surface area contributed by atoms with Crippen LogP contribution in [0.25, 0.3) is 0 Å². The van der Waals surface area contributed by atoms with Gasteiger partial charge in [-0.1, -0.05) is 18.9 Å². The number of carbonyl (C=O) groups is 2. The molecule has 0 aliphatic heterocycles. The number of methoxy groups -OCH3 is 1. The first-order chi connectivity index (χ1) is 9.91. The minimum Gasteiger partial charge on any atom is -0.469 e. The van der Waals surface area contributed by atoms with Gasteiger partial charge in [0, 0.05) is 6.42 Å². The quantitative estimate of drug-likeness (QED) is 0.692. The van der Waals surface area contributed by atoms with E-state index in [1.165, 1.54) is 19.1 Å². The van der Waals surface area contributed by atoms with Gasteiger partial charge in [-0.2, -0.15) is 0 Å². The van der Waals surface area contributed by atoms with Gasteiger partial charge < -0.3 is 4.74 Å². The molecule has 0 spiro atoms. The first-order valence-electron chi connectivity index (χ1n) is 8.23. The second-order valence-electron chi connectivity index (χ2n) is 7.64. The molecule has 0 amide bonds. The summed E-state index contributed by atoms with van der Waals surface area (Å²) >= 11 is 0. The Labute approximate surface area is 127 Å². The van der Waals surface area contributed by atoms with E-state index in [4.69, 9.17) is 4.74 Å². The largest absolute Gasteiger partial charge is 0.469 e. The number of carbonyl (C=O) groups excluding carboxylic acids is 2. The van der Waals surface area contributed by atoms with E-state index in [0.717, 1.165) is 32.1 Å². The molecule has 0 bridgehead atoms. The highest BCUT2D eigenvalue weighted by Crippen LogP contribution is 2.62. The van der Waals surface area contributed by atoms with E-state index in [9.17, 15) is 9.59 Å². The van der Waals surface area contributed by atoms with E-state index in [1.807, 2.05) is 6.08 Å². The van der Waals surface area contributed by atoms with E-state index in [0.29, 0.717) is 18.3 Å². The molecule has 0 saturated heterocycles. The molecule has 0 N–H and O–H groups in total. The molecule has 0 heterocycles. The zero-order valence-electron chi connectivity index (χ0n) is 13.4. The van der Waals surface area contributed by atoms with Crippen LogP contribution in [0.15, 0.2) is 11.6 Å². The number of esters is 1. The van der Waals surface area contributed by atoms with E-state index >= 15 is 0 Å². The predicted molar refractivity (Wildman–Crippen MR) is 80.6 cm³/mol. The Hall–Kier alpha value is -1.12. The molecule has 2 saturated carbocycles. The number of hydrogen-bond donors (Lipinski definition) is 0. The smallest absolute Gasteiger partial charge is 0.311 e. The molecule has 0 aromatic heterocycles. The van der Waals surface area contributed by atoms with Crippen molar-refractivity contribution in [3.63, 3.8) is 0 Å². The third-order valence-corrected chi connectivity index (χ3v) is 6.62. The summed E-state index contributed by atoms with van der Waals surface area (Å²) in [5, 5.41) is 0. The summed E-state index contributed by atoms with van der Waals surface area (Å²) in [6, 6.07) is 0. The first-order valence-corrected chi connectivity index (χ1v) is 8.23. The van der Waals surface area contributed by atoms with Crippen molar-refractivity contribution >= 4 is 11.8 Å². The van der Waals surface area contributed by atoms with Crippen molar-refractivity contribution in [2.45, 2.75) is 58.8 Å². The second kappa shape index (κ2) is 4.96. The standard InChI is InChI=1S/C18H26O3/c1-17-9-4-10-18(2,16(20)21-3)15(17)8-5-12-11-13(19)6-7-14(12)17/h11,14-15H,4-10H2,1-3H3/t14-,15+,17+,18+/m0/s1. The van der Waals surface area contributed by atoms with Crippen LogP contribution in [0.3, 0.4) is 0 Å². The normalized spacial score (nSPS) is 42.6. The highest BCUT2D eigenvalue weighted by Gasteiger charge is 2.58. The summed E-state index contributed by atoms with van der Waals surface area (Å²) in [5.74, 6) is 1.10. The molecular formula is C18H26O3. The number of allylic oxidation sites excluding steroid dienone is 2. The van der Waals surface area contributed by atoms with Crippen LogP contribution in [0, 0.1) is 22.7 Å². The van der Waals surface area contributed by atoms with Crippen LogP contribution in [0.2, 0.25) is 0 Å². The average molecular weight is 290 g/mol. The lowest BCUT2D eigenvalue weighted by molar-refractivity contribution is -0.168. The van der Waals surface area contributed by atoms with Crippen molar-refractivity contribution < 1.29 is 14.3 Å². The van der Waals surface area contributed by atoms with Crippen LogP contribution in [0.4, 0.5) is 0 Å². The Morgan fingerprint density at radius 1 is 1.24 bits per heavy atom. The summed E-state index contributed by atoms with van der Waals surface area (Å²) in [4.78, 5) is 24.1. The predicted octanol–water partition coefficient (Wildman–Crippen LogP) is 3.67. The van der Waals surface area contributed by atoms with Crippen molar-refractivity contribution in [1.82, 2.24) is 0 Å². The summed E-state index contributed by atoms with van der Waals surface area (Å²) in [5.41, 5.74) is 1.14. The van der Waals surface area contributed by atoms with Crippen molar-refractivity contribution in [3.8, 4) is 0 Å². The maximum absolute atomic E-state index is 12.4. The first kappa shape index (κ1) is 14.8. The molecule has 0 radical (unpaired) electrons. The van der Waals surface area contributed by atoms with E-state index in [1.54, 1.807) is 0 Å². The van der Waals surface area contributed by atoms with Gasteiger partial charge in [0.05, 0.1) is 12.5 Å². The molecular weight excluding hydrogens is 264 g/mol. The number of ether oxygens (including phenoxy) is 1. The Morgan fingerprint density at radius 3 is 2.71 bits per heavy atom. The molecule has 3 heteroatoms. The molecule has 4 atom stereocenters. The topological polar surface area (TPSA) is 43.4 Å². The maximum Gasteiger partial charge on any atom is 0.311 e. The van der Waals surface area contributed by atoms with Crippen LogP contribution in [-0.2, 0) is 14.3 Å². The Bertz CT molecular complexity index is 507. The van der Waals surface area contributed by atoms with Crippen LogP contribution in [-0.4, -0.2) is 18.9 Å². The van der Waals surface area contributed by atoms with Gasteiger partial charge in [-0.15, -0.1) is 0 Å². The molecule has 3 rings (SSSR count). The number of ketones is 1. The Morgan fingerprint density at radius 2 is 2.00 bits per heavy atom. The Balaban J connectivity index is 1.99. The van der Waals surface area contributed by atoms with E-state index in [2.05, 4.69) is 13.8 Å². The van der Waals surface area contributed by atoms with Gasteiger partial charge >= 0.3 is 5.97 Å². The fraction of sp³-hybridized carbons (Fsp3) is 0.778. The lowest BCUT2D eigenvalue weighted by atomic mass is 9.46. The Kier molecular flexibility index (Phi) is 3.50. The number of fused-ring (bicyclic) bond motifs is 3. The molecule has 2 fully saturated rings. The van der Waals surface area contributed by atoms with Gasteiger partial charge in [0.15, 0.2) is 5.78 Å². The summed E-state index contributed by atoms with van der Waals surface area (Å²) in [7, 11) is 1.51. The minimum absolute atomic E-state index is 0.0438. The molecule has 116 valence electrons. The van der Waals surface area contributed by atoms with Crippen molar-refractivity contribution in [2.24, 2.45) is 22.7 Å². The molecule has 3 nitrogen and oxygen atoms in total. The highest BCUT2D eigenvalue weighted by molar-refractivity contribution is 5.91. The SMILES string of the molecule is COC(=O)[C@]1(C)CCC[C@@]2(C)[C@H]1CCC1=CC(=O)CC[C@@H]12. The zero-order valence-corrected chi connectivity index (χ0v) is 13.4. The lowest BCUT2D eigenvalue weighted by Gasteiger charge is -2.58. The maximum atomic E-state index is 12.4. The third kappa shape index (κ3) is 2.08. The van der Waals surface area contributed by atoms with Gasteiger partial charge in [0.1, 0.15) is 0 Å². The molecule has 0 aromatic carbocycles. The summed E-state index contributed by atoms with van der Waals surface area (Å²) < 4.78 is 5.13. The fourth-order valence-corrected chi connectivity index (χ4v) is 5.62. The molecule has 21 heavy (non-hydrogen) atoms. The van der Waals surface area contributed by atoms with E-state index < -0.39 is 0 Å². The van der Waals surface area contributed by atoms with Crippen molar-refractivity contribution in [2.75, 3.05) is 7.11 Å². The summed E-state index contributed by atoms with van der Waals surface area (Å²) in [6.07, 6.45) is 8.71. The molecule has 0 aromatic rings. The van der Waals surface area contributed by atoms with Gasteiger partial charge in [0.2, 0.25) is 0 Å². The molecule has 3 aliphatic carbocycles. The second-order valence-corrected chi connectivity index (χ2v) is 7.64. The van der Waals surface area contributed by atoms with Gasteiger partial charge in [-0.05, 0) is 62.4 Å². The van der Waals surface area contributed by atoms with Gasteiger partial charge in [-0.3, -0.25) is 9.59 Å². The highest BCUT2D eigenvalue weighted by atomic mass is 16.5. The van der Waals surface area contributed by atoms with Crippen LogP contribution >= 0.6 is 0 Å². The average Bonchev–Trinajstić information content (AvgIpc) is 2.45. The van der Waals surface area contributed by atoms with Crippen LogP contribution < -0.4 is 0 Å². The minimum atomic E-state index is -0.352. The fourth-order valence-electron chi connectivity index (χ4n) is 5.62. The number of hydrogen-bond acceptors (Lipinski definition) is 3. The zero-order chi connectivity index (χ0) is 15.3. The van der Waals surface area contributed by atoms with Crippen LogP contribution in [0.1, 0.15) is 58.8 Å². The number of rotatable bonds is 1. The van der Waals surface area contributed by atoms with Gasteiger partial charge in [-0.25, -0.2) is 0 Å². The molecule has 3 aliphatic rings.